The van der Waals surface area contributed by atoms with Crippen molar-refractivity contribution >= 4 is 0 Å². The van der Waals surface area contributed by atoms with Crippen LogP contribution in [-0.2, 0) is 4.74 Å². The van der Waals surface area contributed by atoms with Crippen LogP contribution in [0.4, 0.5) is 0 Å². The van der Waals surface area contributed by atoms with E-state index in [0.717, 1.165) is 12.5 Å². The van der Waals surface area contributed by atoms with Gasteiger partial charge in [-0.15, -0.1) is 0 Å². The van der Waals surface area contributed by atoms with Gasteiger partial charge in [0.25, 0.3) is 0 Å². The smallest absolute Gasteiger partial charge is 0.0726 e. The zero-order valence-electron chi connectivity index (χ0n) is 5.97. The lowest BCUT2D eigenvalue weighted by Gasteiger charge is -2.13. The Balaban J connectivity index is 2.32. The molecular formula is C7H15NO. The van der Waals surface area contributed by atoms with E-state index in [0.29, 0.717) is 12.6 Å². The molecule has 2 atom stereocenters. The van der Waals surface area contributed by atoms with Gasteiger partial charge in [-0.25, -0.2) is 0 Å². The second kappa shape index (κ2) is 3.18. The van der Waals surface area contributed by atoms with Gasteiger partial charge in [0.1, 0.15) is 0 Å². The molecular weight excluding hydrogens is 114 g/mol. The van der Waals surface area contributed by atoms with Gasteiger partial charge in [-0.05, 0) is 12.3 Å². The fourth-order valence-corrected chi connectivity index (χ4v) is 1.42. The highest BCUT2D eigenvalue weighted by molar-refractivity contribution is 4.75. The molecule has 2 N–H and O–H groups in total. The molecule has 1 fully saturated rings. The van der Waals surface area contributed by atoms with Crippen molar-refractivity contribution in [3.8, 4) is 0 Å². The van der Waals surface area contributed by atoms with E-state index in [1.54, 1.807) is 0 Å². The monoisotopic (exact) mass is 129 g/mol. The minimum atomic E-state index is 0.356. The maximum atomic E-state index is 5.47. The van der Waals surface area contributed by atoms with Gasteiger partial charge >= 0.3 is 0 Å². The fourth-order valence-electron chi connectivity index (χ4n) is 1.42. The fraction of sp³-hybridized carbons (Fsp3) is 1.00. The highest BCUT2D eigenvalue weighted by Gasteiger charge is 2.24. The van der Waals surface area contributed by atoms with Crippen molar-refractivity contribution in [3.63, 3.8) is 0 Å². The van der Waals surface area contributed by atoms with Crippen molar-refractivity contribution in [3.05, 3.63) is 0 Å². The van der Waals surface area contributed by atoms with E-state index in [9.17, 15) is 0 Å². The average molecular weight is 129 g/mol. The van der Waals surface area contributed by atoms with Gasteiger partial charge in [0.15, 0.2) is 0 Å². The number of nitrogens with two attached hydrogens (primary N) is 1. The largest absolute Gasteiger partial charge is 0.377 e. The quantitative estimate of drug-likeness (QED) is 0.597. The lowest BCUT2D eigenvalue weighted by atomic mass is 9.99. The van der Waals surface area contributed by atoms with Crippen molar-refractivity contribution in [1.82, 2.24) is 0 Å². The summed E-state index contributed by atoms with van der Waals surface area (Å²) < 4.78 is 5.38. The maximum absolute atomic E-state index is 5.47. The van der Waals surface area contributed by atoms with E-state index in [2.05, 4.69) is 6.92 Å². The summed E-state index contributed by atoms with van der Waals surface area (Å²) in [6.45, 7) is 3.81. The molecule has 0 aromatic heterocycles. The highest BCUT2D eigenvalue weighted by Crippen LogP contribution is 2.22. The third-order valence-corrected chi connectivity index (χ3v) is 2.10. The van der Waals surface area contributed by atoms with Crippen molar-refractivity contribution in [1.29, 1.82) is 0 Å². The molecule has 0 bridgehead atoms. The zero-order valence-corrected chi connectivity index (χ0v) is 5.97. The topological polar surface area (TPSA) is 35.2 Å². The summed E-state index contributed by atoms with van der Waals surface area (Å²) in [4.78, 5) is 0. The van der Waals surface area contributed by atoms with Crippen LogP contribution in [0, 0.1) is 5.92 Å². The summed E-state index contributed by atoms with van der Waals surface area (Å²) in [6, 6.07) is 0. The maximum Gasteiger partial charge on any atom is 0.0726 e. The van der Waals surface area contributed by atoms with Crippen molar-refractivity contribution in [2.24, 2.45) is 11.7 Å². The van der Waals surface area contributed by atoms with Gasteiger partial charge in [-0.3, -0.25) is 0 Å². The van der Waals surface area contributed by atoms with E-state index in [1.807, 2.05) is 0 Å². The van der Waals surface area contributed by atoms with Gasteiger partial charge in [0.2, 0.25) is 0 Å². The molecule has 2 heteroatoms. The molecule has 0 aromatic rings. The van der Waals surface area contributed by atoms with Crippen LogP contribution < -0.4 is 5.73 Å². The summed E-state index contributed by atoms with van der Waals surface area (Å²) in [5.74, 6) is 0.731. The summed E-state index contributed by atoms with van der Waals surface area (Å²) in [6.07, 6.45) is 2.77. The van der Waals surface area contributed by atoms with E-state index in [1.165, 1.54) is 12.8 Å². The Morgan fingerprint density at radius 2 is 2.44 bits per heavy atom. The Kier molecular flexibility index (Phi) is 2.49. The molecule has 1 heterocycles. The molecule has 9 heavy (non-hydrogen) atoms. The zero-order chi connectivity index (χ0) is 6.69. The first-order valence-electron chi connectivity index (χ1n) is 3.70. The van der Waals surface area contributed by atoms with Crippen LogP contribution in [0.2, 0.25) is 0 Å². The van der Waals surface area contributed by atoms with Crippen LogP contribution in [0.25, 0.3) is 0 Å². The van der Waals surface area contributed by atoms with E-state index >= 15 is 0 Å². The van der Waals surface area contributed by atoms with Crippen LogP contribution in [0.1, 0.15) is 19.8 Å². The molecule has 1 rings (SSSR count). The summed E-state index contributed by atoms with van der Waals surface area (Å²) in [5, 5.41) is 0. The average Bonchev–Trinajstić information content (AvgIpc) is 2.33. The molecule has 1 aliphatic rings. The van der Waals surface area contributed by atoms with Crippen LogP contribution in [0.15, 0.2) is 0 Å². The van der Waals surface area contributed by atoms with Gasteiger partial charge in [-0.2, -0.15) is 0 Å². The molecule has 1 aliphatic heterocycles. The van der Waals surface area contributed by atoms with Gasteiger partial charge in [-0.1, -0.05) is 13.3 Å². The first-order chi connectivity index (χ1) is 4.38. The Morgan fingerprint density at radius 3 is 2.89 bits per heavy atom. The molecule has 2 nitrogen and oxygen atoms in total. The van der Waals surface area contributed by atoms with Gasteiger partial charge in [0.05, 0.1) is 6.10 Å². The summed E-state index contributed by atoms with van der Waals surface area (Å²) in [7, 11) is 0. The molecule has 2 unspecified atom stereocenters. The Bertz CT molecular complexity index is 75.0. The molecule has 0 saturated carbocycles. The Morgan fingerprint density at radius 1 is 1.67 bits per heavy atom. The Hall–Kier alpha value is -0.0800. The molecule has 0 aromatic carbocycles. The molecule has 0 aliphatic carbocycles. The molecule has 54 valence electrons. The van der Waals surface area contributed by atoms with E-state index in [-0.39, 0.29) is 0 Å². The highest BCUT2D eigenvalue weighted by atomic mass is 16.5. The third kappa shape index (κ3) is 1.43. The number of rotatable bonds is 2. The number of hydrogen-bond acceptors (Lipinski definition) is 2. The Labute approximate surface area is 56.4 Å². The van der Waals surface area contributed by atoms with Crippen molar-refractivity contribution in [2.45, 2.75) is 25.9 Å². The predicted molar refractivity (Wildman–Crippen MR) is 37.2 cm³/mol. The predicted octanol–water partition coefficient (Wildman–Crippen LogP) is 0.760. The molecule has 0 radical (unpaired) electrons. The summed E-state index contributed by atoms with van der Waals surface area (Å²) >= 11 is 0. The van der Waals surface area contributed by atoms with Crippen LogP contribution >= 0.6 is 0 Å². The third-order valence-electron chi connectivity index (χ3n) is 2.10. The summed E-state index contributed by atoms with van der Waals surface area (Å²) in [5.41, 5.74) is 5.47. The van der Waals surface area contributed by atoms with Gasteiger partial charge < -0.3 is 10.5 Å². The van der Waals surface area contributed by atoms with Crippen molar-refractivity contribution < 1.29 is 4.74 Å². The minimum Gasteiger partial charge on any atom is -0.377 e. The van der Waals surface area contributed by atoms with Crippen LogP contribution in [0.5, 0.6) is 0 Å². The van der Waals surface area contributed by atoms with Crippen LogP contribution in [0.3, 0.4) is 0 Å². The molecule has 0 spiro atoms. The van der Waals surface area contributed by atoms with Gasteiger partial charge in [0, 0.05) is 13.2 Å². The number of ether oxygens (including phenoxy) is 1. The van der Waals surface area contributed by atoms with Crippen molar-refractivity contribution in [2.75, 3.05) is 13.2 Å². The molecule has 0 amide bonds. The second-order valence-corrected chi connectivity index (χ2v) is 2.60. The number of hydrogen-bond donors (Lipinski definition) is 1. The van der Waals surface area contributed by atoms with Crippen LogP contribution in [-0.4, -0.2) is 19.3 Å². The van der Waals surface area contributed by atoms with E-state index < -0.39 is 0 Å². The first-order valence-corrected chi connectivity index (χ1v) is 3.70. The van der Waals surface area contributed by atoms with E-state index in [4.69, 9.17) is 10.5 Å². The minimum absolute atomic E-state index is 0.356. The lowest BCUT2D eigenvalue weighted by molar-refractivity contribution is 0.0964. The normalized spacial score (nSPS) is 35.3. The standard InChI is InChI=1S/C7H15NO/c1-2-6-3-4-9-7(6)5-8/h6-7H,2-5,8H2,1H3. The first kappa shape index (κ1) is 7.03. The SMILES string of the molecule is CCC1CCOC1CN. The second-order valence-electron chi connectivity index (χ2n) is 2.60. The lowest BCUT2D eigenvalue weighted by Crippen LogP contribution is -2.25. The molecule has 1 saturated heterocycles.